The summed E-state index contributed by atoms with van der Waals surface area (Å²) in [5, 5.41) is 0. The molecule has 17 heavy (non-hydrogen) atoms. The second-order valence-electron chi connectivity index (χ2n) is 4.40. The van der Waals surface area contributed by atoms with Gasteiger partial charge in [-0.2, -0.15) is 0 Å². The van der Waals surface area contributed by atoms with E-state index in [4.69, 9.17) is 14.2 Å². The van der Waals surface area contributed by atoms with Gasteiger partial charge in [0.05, 0.1) is 37.3 Å². The molecular formula is C12H18O5. The van der Waals surface area contributed by atoms with Crippen molar-refractivity contribution in [2.24, 2.45) is 11.8 Å². The molecule has 2 aliphatic rings. The number of ether oxygens (including phenoxy) is 3. The summed E-state index contributed by atoms with van der Waals surface area (Å²) in [6.45, 7) is 4.19. The van der Waals surface area contributed by atoms with E-state index in [1.165, 1.54) is 0 Å². The number of rotatable bonds is 4. The smallest absolute Gasteiger partial charge is 0.309 e. The van der Waals surface area contributed by atoms with Crippen molar-refractivity contribution >= 4 is 11.9 Å². The summed E-state index contributed by atoms with van der Waals surface area (Å²) in [5.41, 5.74) is 0. The molecule has 0 aromatic carbocycles. The standard InChI is InChI=1S/C12H18O5/c1-3-15-11(13)7-5-9-10(17-9)6-8(7)12(14)16-4-2/h7-10H,3-6H2,1-2H3/t7-,8+,9-,10+. The fourth-order valence-electron chi connectivity index (χ4n) is 2.44. The molecule has 1 heterocycles. The molecule has 1 aliphatic carbocycles. The van der Waals surface area contributed by atoms with E-state index in [-0.39, 0.29) is 24.1 Å². The van der Waals surface area contributed by atoms with Gasteiger partial charge in [-0.15, -0.1) is 0 Å². The minimum atomic E-state index is -0.405. The van der Waals surface area contributed by atoms with Gasteiger partial charge in [0.2, 0.25) is 0 Å². The maximum Gasteiger partial charge on any atom is 0.309 e. The van der Waals surface area contributed by atoms with Crippen LogP contribution in [0, 0.1) is 11.8 Å². The number of fused-ring (bicyclic) bond motifs is 1. The fourth-order valence-corrected chi connectivity index (χ4v) is 2.44. The first-order chi connectivity index (χ1) is 8.17. The Balaban J connectivity index is 2.03. The highest BCUT2D eigenvalue weighted by Crippen LogP contribution is 2.43. The molecule has 96 valence electrons. The minimum absolute atomic E-state index is 0.134. The van der Waals surface area contributed by atoms with Gasteiger partial charge in [-0.05, 0) is 26.7 Å². The first-order valence-corrected chi connectivity index (χ1v) is 6.16. The van der Waals surface area contributed by atoms with Crippen LogP contribution < -0.4 is 0 Å². The van der Waals surface area contributed by atoms with Gasteiger partial charge in [0.15, 0.2) is 0 Å². The third kappa shape index (κ3) is 2.60. The third-order valence-corrected chi connectivity index (χ3v) is 3.32. The monoisotopic (exact) mass is 242 g/mol. The molecule has 0 aromatic heterocycles. The van der Waals surface area contributed by atoms with Crippen LogP contribution >= 0.6 is 0 Å². The highest BCUT2D eigenvalue weighted by Gasteiger charge is 2.53. The van der Waals surface area contributed by atoms with Crippen molar-refractivity contribution < 1.29 is 23.8 Å². The molecule has 1 saturated carbocycles. The van der Waals surface area contributed by atoms with Crippen LogP contribution in [0.25, 0.3) is 0 Å². The number of esters is 2. The zero-order chi connectivity index (χ0) is 12.4. The van der Waals surface area contributed by atoms with Gasteiger partial charge >= 0.3 is 11.9 Å². The van der Waals surface area contributed by atoms with E-state index >= 15 is 0 Å². The Morgan fingerprint density at radius 2 is 1.41 bits per heavy atom. The molecule has 2 rings (SSSR count). The summed E-state index contributed by atoms with van der Waals surface area (Å²) >= 11 is 0. The van der Waals surface area contributed by atoms with Crippen LogP contribution in [0.15, 0.2) is 0 Å². The predicted molar refractivity (Wildman–Crippen MR) is 58.1 cm³/mol. The number of carbonyl (C=O) groups excluding carboxylic acids is 2. The molecule has 4 atom stereocenters. The van der Waals surface area contributed by atoms with Gasteiger partial charge in [0, 0.05) is 0 Å². The van der Waals surface area contributed by atoms with Gasteiger partial charge in [-0.1, -0.05) is 0 Å². The maximum atomic E-state index is 11.8. The SMILES string of the molecule is CCOC(=O)[C@H]1C[C@@H]2O[C@@H]2C[C@H]1C(=O)OCC. The van der Waals surface area contributed by atoms with Crippen LogP contribution in [0.3, 0.4) is 0 Å². The van der Waals surface area contributed by atoms with Crippen molar-refractivity contribution in [3.8, 4) is 0 Å². The summed E-state index contributed by atoms with van der Waals surface area (Å²) in [5.74, 6) is -1.42. The maximum absolute atomic E-state index is 11.8. The average Bonchev–Trinajstić information content (AvgIpc) is 3.06. The van der Waals surface area contributed by atoms with Crippen molar-refractivity contribution in [3.63, 3.8) is 0 Å². The Labute approximate surface area is 100 Å². The van der Waals surface area contributed by atoms with Crippen molar-refractivity contribution in [1.29, 1.82) is 0 Å². The number of carbonyl (C=O) groups is 2. The lowest BCUT2D eigenvalue weighted by atomic mass is 9.79. The van der Waals surface area contributed by atoms with Gasteiger partial charge in [0.25, 0.3) is 0 Å². The highest BCUT2D eigenvalue weighted by molar-refractivity contribution is 5.82. The number of epoxide rings is 1. The molecule has 5 heteroatoms. The topological polar surface area (TPSA) is 65.1 Å². The highest BCUT2D eigenvalue weighted by atomic mass is 16.6. The quantitative estimate of drug-likeness (QED) is 0.541. The Morgan fingerprint density at radius 1 is 1.00 bits per heavy atom. The molecule has 0 N–H and O–H groups in total. The molecule has 0 aromatic rings. The van der Waals surface area contributed by atoms with Gasteiger partial charge < -0.3 is 14.2 Å². The van der Waals surface area contributed by atoms with E-state index in [1.54, 1.807) is 13.8 Å². The van der Waals surface area contributed by atoms with E-state index in [9.17, 15) is 9.59 Å². The van der Waals surface area contributed by atoms with E-state index in [0.717, 1.165) is 0 Å². The number of hydrogen-bond donors (Lipinski definition) is 0. The minimum Gasteiger partial charge on any atom is -0.466 e. The molecule has 1 saturated heterocycles. The predicted octanol–water partition coefficient (Wildman–Crippen LogP) is 0.906. The van der Waals surface area contributed by atoms with Gasteiger partial charge in [-0.3, -0.25) is 9.59 Å². The molecular weight excluding hydrogens is 224 g/mol. The molecule has 0 unspecified atom stereocenters. The van der Waals surface area contributed by atoms with Crippen molar-refractivity contribution in [2.45, 2.75) is 38.9 Å². The van der Waals surface area contributed by atoms with Crippen LogP contribution in [0.5, 0.6) is 0 Å². The van der Waals surface area contributed by atoms with Crippen LogP contribution in [0.1, 0.15) is 26.7 Å². The first-order valence-electron chi connectivity index (χ1n) is 6.16. The molecule has 5 nitrogen and oxygen atoms in total. The molecule has 1 aliphatic heterocycles. The fraction of sp³-hybridized carbons (Fsp3) is 0.833. The number of hydrogen-bond acceptors (Lipinski definition) is 5. The Bertz CT molecular complexity index is 284. The van der Waals surface area contributed by atoms with Crippen molar-refractivity contribution in [1.82, 2.24) is 0 Å². The normalized spacial score (nSPS) is 34.7. The lowest BCUT2D eigenvalue weighted by Gasteiger charge is -2.25. The molecule has 0 amide bonds. The summed E-state index contributed by atoms with van der Waals surface area (Å²) in [4.78, 5) is 23.6. The van der Waals surface area contributed by atoms with Crippen LogP contribution in [-0.2, 0) is 23.8 Å². The first kappa shape index (κ1) is 12.4. The van der Waals surface area contributed by atoms with Crippen LogP contribution in [0.2, 0.25) is 0 Å². The summed E-state index contributed by atoms with van der Waals surface area (Å²) < 4.78 is 15.4. The van der Waals surface area contributed by atoms with Crippen LogP contribution in [0.4, 0.5) is 0 Å². The lowest BCUT2D eigenvalue weighted by molar-refractivity contribution is -0.161. The summed E-state index contributed by atoms with van der Waals surface area (Å²) in [6.07, 6.45) is 1.42. The largest absolute Gasteiger partial charge is 0.466 e. The Morgan fingerprint density at radius 3 is 1.76 bits per heavy atom. The van der Waals surface area contributed by atoms with Crippen LogP contribution in [-0.4, -0.2) is 37.4 Å². The zero-order valence-corrected chi connectivity index (χ0v) is 10.2. The average molecular weight is 242 g/mol. The third-order valence-electron chi connectivity index (χ3n) is 3.32. The Hall–Kier alpha value is -1.10. The molecule has 0 bridgehead atoms. The molecule has 0 radical (unpaired) electrons. The second-order valence-corrected chi connectivity index (χ2v) is 4.40. The second kappa shape index (κ2) is 5.04. The van der Waals surface area contributed by atoms with Gasteiger partial charge in [-0.25, -0.2) is 0 Å². The van der Waals surface area contributed by atoms with E-state index < -0.39 is 11.8 Å². The van der Waals surface area contributed by atoms with Crippen molar-refractivity contribution in [3.05, 3.63) is 0 Å². The zero-order valence-electron chi connectivity index (χ0n) is 10.2. The van der Waals surface area contributed by atoms with E-state index in [1.807, 2.05) is 0 Å². The van der Waals surface area contributed by atoms with Crippen molar-refractivity contribution in [2.75, 3.05) is 13.2 Å². The summed E-state index contributed by atoms with van der Waals surface area (Å²) in [7, 11) is 0. The molecule has 2 fully saturated rings. The molecule has 0 spiro atoms. The van der Waals surface area contributed by atoms with E-state index in [2.05, 4.69) is 0 Å². The van der Waals surface area contributed by atoms with E-state index in [0.29, 0.717) is 26.1 Å². The van der Waals surface area contributed by atoms with Gasteiger partial charge in [0.1, 0.15) is 0 Å². The lowest BCUT2D eigenvalue weighted by Crippen LogP contribution is -2.37. The summed E-state index contributed by atoms with van der Waals surface area (Å²) in [6, 6.07) is 0. The Kier molecular flexibility index (Phi) is 3.66.